The summed E-state index contributed by atoms with van der Waals surface area (Å²) in [6.45, 7) is 1.23. The van der Waals surface area contributed by atoms with Gasteiger partial charge in [0.1, 0.15) is 11.6 Å². The number of aromatic nitrogens is 2. The van der Waals surface area contributed by atoms with Crippen LogP contribution in [-0.2, 0) is 21.9 Å². The van der Waals surface area contributed by atoms with Crippen molar-refractivity contribution in [1.29, 1.82) is 0 Å². The van der Waals surface area contributed by atoms with Crippen molar-refractivity contribution in [3.8, 4) is 0 Å². The van der Waals surface area contributed by atoms with E-state index in [4.69, 9.17) is 0 Å². The Morgan fingerprint density at radius 2 is 2.12 bits per heavy atom. The molecular formula is C16H19FN4O3S. The number of carbonyl (C=O) groups excluding carboxylic acids is 1. The average Bonchev–Trinajstić information content (AvgIpc) is 3.28. The van der Waals surface area contributed by atoms with Gasteiger partial charge in [-0.05, 0) is 37.0 Å². The maximum Gasteiger partial charge on any atom is 0.241 e. The van der Waals surface area contributed by atoms with Crippen molar-refractivity contribution in [3.63, 3.8) is 0 Å². The molecule has 1 fully saturated rings. The van der Waals surface area contributed by atoms with Crippen molar-refractivity contribution in [2.75, 3.05) is 5.32 Å². The predicted octanol–water partition coefficient (Wildman–Crippen LogP) is 1.95. The van der Waals surface area contributed by atoms with Crippen LogP contribution in [0.5, 0.6) is 0 Å². The summed E-state index contributed by atoms with van der Waals surface area (Å²) in [4.78, 5) is 15.3. The molecule has 1 aromatic carbocycles. The summed E-state index contributed by atoms with van der Waals surface area (Å²) in [6.07, 6.45) is 5.21. The van der Waals surface area contributed by atoms with E-state index >= 15 is 0 Å². The van der Waals surface area contributed by atoms with Crippen LogP contribution in [-0.4, -0.2) is 23.9 Å². The Bertz CT molecular complexity index is 906. The van der Waals surface area contributed by atoms with Gasteiger partial charge in [0.15, 0.2) is 0 Å². The van der Waals surface area contributed by atoms with Gasteiger partial charge in [0.2, 0.25) is 15.9 Å². The third-order valence-electron chi connectivity index (χ3n) is 4.07. The number of amides is 1. The monoisotopic (exact) mass is 366 g/mol. The van der Waals surface area contributed by atoms with Crippen LogP contribution in [0, 0.1) is 11.7 Å². The van der Waals surface area contributed by atoms with E-state index in [0.29, 0.717) is 5.82 Å². The number of halogens is 1. The maximum absolute atomic E-state index is 13.8. The van der Waals surface area contributed by atoms with Gasteiger partial charge in [-0.1, -0.05) is 0 Å². The molecule has 3 rings (SSSR count). The SMILES string of the molecule is CC(=O)Nc1cc(S(=O)(=O)NC(c2nccn2C)C2CC2)ccc1F. The first-order valence-corrected chi connectivity index (χ1v) is 9.33. The predicted molar refractivity (Wildman–Crippen MR) is 89.7 cm³/mol. The lowest BCUT2D eigenvalue weighted by Crippen LogP contribution is -2.31. The van der Waals surface area contributed by atoms with Crippen LogP contribution >= 0.6 is 0 Å². The van der Waals surface area contributed by atoms with Crippen LogP contribution in [0.25, 0.3) is 0 Å². The molecule has 0 saturated heterocycles. The molecule has 25 heavy (non-hydrogen) atoms. The third-order valence-corrected chi connectivity index (χ3v) is 5.51. The van der Waals surface area contributed by atoms with Gasteiger partial charge in [0, 0.05) is 26.4 Å². The molecule has 1 heterocycles. The van der Waals surface area contributed by atoms with Crippen LogP contribution in [0.4, 0.5) is 10.1 Å². The standard InChI is InChI=1S/C16H19FN4O3S/c1-10(22)19-14-9-12(5-6-13(14)17)25(23,24)20-15(11-3-4-11)16-18-7-8-21(16)2/h5-9,11,15,20H,3-4H2,1-2H3,(H,19,22). The highest BCUT2D eigenvalue weighted by atomic mass is 32.2. The number of sulfonamides is 1. The Labute approximate surface area is 145 Å². The number of carbonyl (C=O) groups is 1. The number of benzene rings is 1. The molecule has 0 bridgehead atoms. The summed E-state index contributed by atoms with van der Waals surface area (Å²) in [5.74, 6) is -0.358. The summed E-state index contributed by atoms with van der Waals surface area (Å²) >= 11 is 0. The number of anilines is 1. The lowest BCUT2D eigenvalue weighted by molar-refractivity contribution is -0.114. The number of hydrogen-bond donors (Lipinski definition) is 2. The molecule has 1 unspecified atom stereocenters. The third kappa shape index (κ3) is 3.88. The smallest absolute Gasteiger partial charge is 0.241 e. The molecule has 134 valence electrons. The van der Waals surface area contributed by atoms with Gasteiger partial charge >= 0.3 is 0 Å². The molecular weight excluding hydrogens is 347 g/mol. The number of nitrogens with one attached hydrogen (secondary N) is 2. The second kappa shape index (κ2) is 6.57. The molecule has 1 aliphatic carbocycles. The highest BCUT2D eigenvalue weighted by Gasteiger charge is 2.37. The first-order valence-electron chi connectivity index (χ1n) is 7.84. The van der Waals surface area contributed by atoms with Crippen molar-refractivity contribution >= 4 is 21.6 Å². The molecule has 9 heteroatoms. The van der Waals surface area contributed by atoms with E-state index in [9.17, 15) is 17.6 Å². The molecule has 1 saturated carbocycles. The summed E-state index contributed by atoms with van der Waals surface area (Å²) in [6, 6.07) is 2.86. The number of imidazole rings is 1. The lowest BCUT2D eigenvalue weighted by Gasteiger charge is -2.18. The van der Waals surface area contributed by atoms with Gasteiger partial charge in [0.05, 0.1) is 16.6 Å². The lowest BCUT2D eigenvalue weighted by atomic mass is 10.2. The second-order valence-corrected chi connectivity index (χ2v) is 7.87. The molecule has 0 radical (unpaired) electrons. The number of nitrogens with zero attached hydrogens (tertiary/aromatic N) is 2. The van der Waals surface area contributed by atoms with E-state index in [-0.39, 0.29) is 16.5 Å². The Morgan fingerprint density at radius 3 is 2.68 bits per heavy atom. The quantitative estimate of drug-likeness (QED) is 0.817. The second-order valence-electron chi connectivity index (χ2n) is 6.16. The van der Waals surface area contributed by atoms with Crippen LogP contribution < -0.4 is 10.0 Å². The summed E-state index contributed by atoms with van der Waals surface area (Å²) < 4.78 is 43.7. The summed E-state index contributed by atoms with van der Waals surface area (Å²) in [5, 5.41) is 2.29. The average molecular weight is 366 g/mol. The van der Waals surface area contributed by atoms with Gasteiger partial charge in [-0.25, -0.2) is 22.5 Å². The van der Waals surface area contributed by atoms with Crippen LogP contribution in [0.3, 0.4) is 0 Å². The van der Waals surface area contributed by atoms with Crippen LogP contribution in [0.1, 0.15) is 31.6 Å². The largest absolute Gasteiger partial charge is 0.337 e. The molecule has 1 aliphatic rings. The Morgan fingerprint density at radius 1 is 1.40 bits per heavy atom. The Kier molecular flexibility index (Phi) is 4.61. The Balaban J connectivity index is 1.91. The molecule has 2 N–H and O–H groups in total. The molecule has 2 aromatic rings. The van der Waals surface area contributed by atoms with Gasteiger partial charge in [-0.15, -0.1) is 0 Å². The Hall–Kier alpha value is -2.26. The fourth-order valence-electron chi connectivity index (χ4n) is 2.66. The van der Waals surface area contributed by atoms with E-state index < -0.39 is 27.8 Å². The minimum atomic E-state index is -3.90. The number of hydrogen-bond acceptors (Lipinski definition) is 4. The van der Waals surface area contributed by atoms with E-state index in [0.717, 1.165) is 25.0 Å². The molecule has 0 spiro atoms. The van der Waals surface area contributed by atoms with Crippen molar-refractivity contribution < 1.29 is 17.6 Å². The van der Waals surface area contributed by atoms with Gasteiger partial charge in [0.25, 0.3) is 0 Å². The molecule has 7 nitrogen and oxygen atoms in total. The van der Waals surface area contributed by atoms with Gasteiger partial charge < -0.3 is 9.88 Å². The van der Waals surface area contributed by atoms with Crippen LogP contribution in [0.2, 0.25) is 0 Å². The summed E-state index contributed by atoms with van der Waals surface area (Å²) in [5.41, 5.74) is -0.171. The van der Waals surface area contributed by atoms with E-state index in [1.54, 1.807) is 24.0 Å². The fourth-order valence-corrected chi connectivity index (χ4v) is 3.95. The molecule has 1 atom stereocenters. The molecule has 1 amide bonds. The topological polar surface area (TPSA) is 93.1 Å². The first-order chi connectivity index (χ1) is 11.8. The highest BCUT2D eigenvalue weighted by molar-refractivity contribution is 7.89. The molecule has 1 aromatic heterocycles. The van der Waals surface area contributed by atoms with Crippen LogP contribution in [0.15, 0.2) is 35.5 Å². The first kappa shape index (κ1) is 17.6. The zero-order valence-electron chi connectivity index (χ0n) is 13.9. The van der Waals surface area contributed by atoms with Crippen molar-refractivity contribution in [1.82, 2.24) is 14.3 Å². The normalized spacial score (nSPS) is 15.8. The van der Waals surface area contributed by atoms with E-state index in [1.165, 1.54) is 13.0 Å². The van der Waals surface area contributed by atoms with Gasteiger partial charge in [-0.2, -0.15) is 0 Å². The maximum atomic E-state index is 13.8. The molecule has 0 aliphatic heterocycles. The highest BCUT2D eigenvalue weighted by Crippen LogP contribution is 2.41. The summed E-state index contributed by atoms with van der Waals surface area (Å²) in [7, 11) is -2.10. The fraction of sp³-hybridized carbons (Fsp3) is 0.375. The number of rotatable bonds is 6. The number of aryl methyl sites for hydroxylation is 1. The van der Waals surface area contributed by atoms with Crippen molar-refractivity contribution in [2.45, 2.75) is 30.7 Å². The van der Waals surface area contributed by atoms with E-state index in [2.05, 4.69) is 15.0 Å². The zero-order valence-corrected chi connectivity index (χ0v) is 14.7. The zero-order chi connectivity index (χ0) is 18.2. The minimum absolute atomic E-state index is 0.113. The van der Waals surface area contributed by atoms with Gasteiger partial charge in [-0.3, -0.25) is 4.79 Å². The van der Waals surface area contributed by atoms with Crippen molar-refractivity contribution in [2.24, 2.45) is 13.0 Å². The van der Waals surface area contributed by atoms with Crippen molar-refractivity contribution in [3.05, 3.63) is 42.2 Å². The minimum Gasteiger partial charge on any atom is -0.337 e. The van der Waals surface area contributed by atoms with E-state index in [1.807, 2.05) is 0 Å².